The molecule has 3 rings (SSSR count). The van der Waals surface area contributed by atoms with Crippen LogP contribution in [0.2, 0.25) is 5.02 Å². The van der Waals surface area contributed by atoms with E-state index in [0.29, 0.717) is 22.1 Å². The standard InChI is InChI=1S/C22H21ClN2O4S/c1-15-8-9-17(23)14-21(15)25-30(27,28)20-12-10-18(11-13-20)24-22(26)16(2)29-19-6-4-3-5-7-19/h3-14,16,25H,1-2H3,(H,24,26). The number of hydrogen-bond acceptors (Lipinski definition) is 4. The van der Waals surface area contributed by atoms with Gasteiger partial charge in [-0.15, -0.1) is 0 Å². The fourth-order valence-corrected chi connectivity index (χ4v) is 3.92. The molecule has 8 heteroatoms. The van der Waals surface area contributed by atoms with Gasteiger partial charge in [-0.3, -0.25) is 9.52 Å². The molecule has 0 heterocycles. The predicted octanol–water partition coefficient (Wildman–Crippen LogP) is 4.86. The number of rotatable bonds is 7. The van der Waals surface area contributed by atoms with Crippen molar-refractivity contribution in [3.63, 3.8) is 0 Å². The third kappa shape index (κ3) is 5.52. The van der Waals surface area contributed by atoms with Gasteiger partial charge in [0.15, 0.2) is 6.10 Å². The lowest BCUT2D eigenvalue weighted by Gasteiger charge is -2.15. The summed E-state index contributed by atoms with van der Waals surface area (Å²) in [6.45, 7) is 3.42. The topological polar surface area (TPSA) is 84.5 Å². The van der Waals surface area contributed by atoms with E-state index in [1.807, 2.05) is 18.2 Å². The normalized spacial score (nSPS) is 12.1. The minimum absolute atomic E-state index is 0.0634. The number of ether oxygens (including phenoxy) is 1. The molecule has 0 aromatic heterocycles. The maximum atomic E-state index is 12.6. The van der Waals surface area contributed by atoms with Crippen molar-refractivity contribution in [3.05, 3.63) is 83.4 Å². The number of carbonyl (C=O) groups is 1. The third-order valence-corrected chi connectivity index (χ3v) is 5.92. The van der Waals surface area contributed by atoms with Crippen molar-refractivity contribution in [1.29, 1.82) is 0 Å². The Morgan fingerprint density at radius 2 is 1.67 bits per heavy atom. The summed E-state index contributed by atoms with van der Waals surface area (Å²) >= 11 is 5.95. The summed E-state index contributed by atoms with van der Waals surface area (Å²) < 4.78 is 33.4. The molecule has 0 aliphatic rings. The fourth-order valence-electron chi connectivity index (χ4n) is 2.63. The first-order chi connectivity index (χ1) is 14.2. The Morgan fingerprint density at radius 1 is 1.00 bits per heavy atom. The van der Waals surface area contributed by atoms with E-state index in [-0.39, 0.29) is 10.8 Å². The smallest absolute Gasteiger partial charge is 0.265 e. The van der Waals surface area contributed by atoms with Crippen LogP contribution in [0.1, 0.15) is 12.5 Å². The number of anilines is 2. The van der Waals surface area contributed by atoms with Gasteiger partial charge in [0.05, 0.1) is 10.6 Å². The fraction of sp³-hybridized carbons (Fsp3) is 0.136. The third-order valence-electron chi connectivity index (χ3n) is 4.30. The second-order valence-electron chi connectivity index (χ2n) is 6.65. The molecule has 3 aromatic rings. The summed E-state index contributed by atoms with van der Waals surface area (Å²) in [5.41, 5.74) is 1.62. The van der Waals surface area contributed by atoms with Crippen LogP contribution in [-0.2, 0) is 14.8 Å². The van der Waals surface area contributed by atoms with Crippen molar-refractivity contribution in [1.82, 2.24) is 0 Å². The van der Waals surface area contributed by atoms with Gasteiger partial charge in [0.2, 0.25) is 0 Å². The summed E-state index contributed by atoms with van der Waals surface area (Å²) in [7, 11) is -3.80. The Kier molecular flexibility index (Phi) is 6.64. The summed E-state index contributed by atoms with van der Waals surface area (Å²) in [6, 6.07) is 19.9. The van der Waals surface area contributed by atoms with Crippen LogP contribution >= 0.6 is 11.6 Å². The Morgan fingerprint density at radius 3 is 2.33 bits per heavy atom. The molecule has 0 saturated carbocycles. The minimum atomic E-state index is -3.80. The largest absolute Gasteiger partial charge is 0.481 e. The van der Waals surface area contributed by atoms with Crippen LogP contribution < -0.4 is 14.8 Å². The molecule has 0 aliphatic carbocycles. The Balaban J connectivity index is 1.66. The molecule has 3 aromatic carbocycles. The lowest BCUT2D eigenvalue weighted by atomic mass is 10.2. The first-order valence-corrected chi connectivity index (χ1v) is 11.0. The van der Waals surface area contributed by atoms with Crippen molar-refractivity contribution in [2.75, 3.05) is 10.0 Å². The molecule has 6 nitrogen and oxygen atoms in total. The highest BCUT2D eigenvalue weighted by molar-refractivity contribution is 7.92. The molecule has 2 N–H and O–H groups in total. The van der Waals surface area contributed by atoms with Crippen LogP contribution in [0, 0.1) is 6.92 Å². The van der Waals surface area contributed by atoms with Crippen LogP contribution in [0.15, 0.2) is 77.7 Å². The van der Waals surface area contributed by atoms with E-state index in [1.54, 1.807) is 44.2 Å². The van der Waals surface area contributed by atoms with E-state index in [0.717, 1.165) is 5.56 Å². The Labute approximate surface area is 180 Å². The molecule has 0 aliphatic heterocycles. The van der Waals surface area contributed by atoms with Gasteiger partial charge in [-0.1, -0.05) is 35.9 Å². The van der Waals surface area contributed by atoms with Crippen LogP contribution in [-0.4, -0.2) is 20.4 Å². The number of nitrogens with one attached hydrogen (secondary N) is 2. The van der Waals surface area contributed by atoms with Gasteiger partial charge < -0.3 is 10.1 Å². The van der Waals surface area contributed by atoms with Crippen molar-refractivity contribution >= 4 is 38.9 Å². The number of aryl methyl sites for hydroxylation is 1. The lowest BCUT2D eigenvalue weighted by molar-refractivity contribution is -0.122. The maximum Gasteiger partial charge on any atom is 0.265 e. The zero-order chi connectivity index (χ0) is 21.7. The molecule has 1 amide bonds. The van der Waals surface area contributed by atoms with Crippen LogP contribution in [0.5, 0.6) is 5.75 Å². The highest BCUT2D eigenvalue weighted by Gasteiger charge is 2.17. The van der Waals surface area contributed by atoms with Gasteiger partial charge in [0, 0.05) is 10.7 Å². The van der Waals surface area contributed by atoms with Crippen LogP contribution in [0.25, 0.3) is 0 Å². The lowest BCUT2D eigenvalue weighted by Crippen LogP contribution is -2.30. The van der Waals surface area contributed by atoms with E-state index >= 15 is 0 Å². The number of para-hydroxylation sites is 1. The zero-order valence-electron chi connectivity index (χ0n) is 16.4. The molecule has 0 radical (unpaired) electrons. The first-order valence-electron chi connectivity index (χ1n) is 9.16. The number of sulfonamides is 1. The van der Waals surface area contributed by atoms with Gasteiger partial charge in [0.1, 0.15) is 5.75 Å². The van der Waals surface area contributed by atoms with E-state index in [9.17, 15) is 13.2 Å². The van der Waals surface area contributed by atoms with Gasteiger partial charge in [0.25, 0.3) is 15.9 Å². The second-order valence-corrected chi connectivity index (χ2v) is 8.77. The highest BCUT2D eigenvalue weighted by atomic mass is 35.5. The van der Waals surface area contributed by atoms with Crippen LogP contribution in [0.4, 0.5) is 11.4 Å². The highest BCUT2D eigenvalue weighted by Crippen LogP contribution is 2.24. The van der Waals surface area contributed by atoms with Gasteiger partial charge in [-0.05, 0) is 67.9 Å². The van der Waals surface area contributed by atoms with Crippen LogP contribution in [0.3, 0.4) is 0 Å². The number of carbonyl (C=O) groups excluding carboxylic acids is 1. The second kappa shape index (κ2) is 9.19. The first kappa shape index (κ1) is 21.7. The van der Waals surface area contributed by atoms with E-state index in [1.165, 1.54) is 24.3 Å². The number of amides is 1. The average Bonchev–Trinajstić information content (AvgIpc) is 2.71. The Bertz CT molecular complexity index is 1130. The van der Waals surface area contributed by atoms with Gasteiger partial charge >= 0.3 is 0 Å². The molecule has 0 spiro atoms. The number of halogens is 1. The van der Waals surface area contributed by atoms with E-state index in [2.05, 4.69) is 10.0 Å². The SMILES string of the molecule is Cc1ccc(Cl)cc1NS(=O)(=O)c1ccc(NC(=O)C(C)Oc2ccccc2)cc1. The minimum Gasteiger partial charge on any atom is -0.481 e. The van der Waals surface area contributed by atoms with E-state index < -0.39 is 16.1 Å². The summed E-state index contributed by atoms with van der Waals surface area (Å²) in [5, 5.41) is 3.14. The van der Waals surface area contributed by atoms with Crippen molar-refractivity contribution in [2.45, 2.75) is 24.8 Å². The summed E-state index contributed by atoms with van der Waals surface area (Å²) in [4.78, 5) is 12.4. The maximum absolute atomic E-state index is 12.6. The molecular weight excluding hydrogens is 424 g/mol. The molecule has 30 heavy (non-hydrogen) atoms. The molecule has 1 atom stereocenters. The van der Waals surface area contributed by atoms with Crippen molar-refractivity contribution in [2.24, 2.45) is 0 Å². The predicted molar refractivity (Wildman–Crippen MR) is 119 cm³/mol. The summed E-state index contributed by atoms with van der Waals surface area (Å²) in [5.74, 6) is 0.242. The molecule has 156 valence electrons. The molecule has 1 unspecified atom stereocenters. The van der Waals surface area contributed by atoms with Crippen molar-refractivity contribution in [3.8, 4) is 5.75 Å². The zero-order valence-corrected chi connectivity index (χ0v) is 18.0. The number of benzene rings is 3. The van der Waals surface area contributed by atoms with Gasteiger partial charge in [-0.25, -0.2) is 8.42 Å². The summed E-state index contributed by atoms with van der Waals surface area (Å²) in [6.07, 6.45) is -0.719. The van der Waals surface area contributed by atoms with E-state index in [4.69, 9.17) is 16.3 Å². The molecular formula is C22H21ClN2O4S. The van der Waals surface area contributed by atoms with Gasteiger partial charge in [-0.2, -0.15) is 0 Å². The monoisotopic (exact) mass is 444 g/mol. The molecule has 0 bridgehead atoms. The molecule has 0 saturated heterocycles. The Hall–Kier alpha value is -3.03. The van der Waals surface area contributed by atoms with Crippen molar-refractivity contribution < 1.29 is 17.9 Å². The average molecular weight is 445 g/mol. The number of hydrogen-bond donors (Lipinski definition) is 2. The quantitative estimate of drug-likeness (QED) is 0.545. The molecule has 0 fully saturated rings.